The summed E-state index contributed by atoms with van der Waals surface area (Å²) in [5.41, 5.74) is 2.02. The van der Waals surface area contributed by atoms with Gasteiger partial charge in [-0.1, -0.05) is 45.2 Å². The van der Waals surface area contributed by atoms with Crippen LogP contribution in [0.4, 0.5) is 0 Å². The lowest BCUT2D eigenvalue weighted by Gasteiger charge is -2.65. The zero-order valence-corrected chi connectivity index (χ0v) is 26.5. The number of hydrogen-bond donors (Lipinski definition) is 1. The van der Waals surface area contributed by atoms with Crippen LogP contribution < -0.4 is 10.1 Å². The van der Waals surface area contributed by atoms with E-state index in [0.29, 0.717) is 34.4 Å². The molecule has 3 fully saturated rings. The van der Waals surface area contributed by atoms with Gasteiger partial charge in [-0.3, -0.25) is 4.79 Å². The number of rotatable bonds is 5. The number of ether oxygens (including phenoxy) is 1. The molecule has 0 bridgehead atoms. The molecule has 7 nitrogen and oxygen atoms in total. The molecule has 2 aromatic rings. The van der Waals surface area contributed by atoms with E-state index in [1.54, 1.807) is 18.2 Å². The van der Waals surface area contributed by atoms with Crippen molar-refractivity contribution in [3.05, 3.63) is 57.9 Å². The highest BCUT2D eigenvalue weighted by Gasteiger charge is 2.67. The average Bonchev–Trinajstić information content (AvgIpc) is 3.30. The largest absolute Gasteiger partial charge is 0.489 e. The number of nitrogens with one attached hydrogen (secondary N) is 1. The highest BCUT2D eigenvalue weighted by Crippen LogP contribution is 2.59. The summed E-state index contributed by atoms with van der Waals surface area (Å²) < 4.78 is 6.45. The second-order valence-electron chi connectivity index (χ2n) is 14.0. The zero-order chi connectivity index (χ0) is 30.4. The van der Waals surface area contributed by atoms with Crippen molar-refractivity contribution in [2.45, 2.75) is 72.1 Å². The molecule has 1 aliphatic carbocycles. The smallest absolute Gasteiger partial charge is 0.256 e. The van der Waals surface area contributed by atoms with E-state index >= 15 is 0 Å². The molecule has 0 radical (unpaired) electrons. The van der Waals surface area contributed by atoms with Crippen molar-refractivity contribution in [2.24, 2.45) is 22.7 Å². The molecule has 8 heteroatoms. The second kappa shape index (κ2) is 11.8. The Morgan fingerprint density at radius 3 is 2.47 bits per heavy atom. The van der Waals surface area contributed by atoms with Crippen molar-refractivity contribution < 1.29 is 9.53 Å². The Balaban J connectivity index is 1.09. The minimum absolute atomic E-state index is 0.0224. The number of carbonyl (C=O) groups is 1. The molecule has 0 spiro atoms. The van der Waals surface area contributed by atoms with Gasteiger partial charge in [0.05, 0.1) is 28.4 Å². The van der Waals surface area contributed by atoms with Crippen LogP contribution in [-0.2, 0) is 6.54 Å². The molecule has 0 atom stereocenters. The average molecular weight is 600 g/mol. The molecule has 1 amide bonds. The maximum absolute atomic E-state index is 13.6. The first kappa shape index (κ1) is 29.9. The molecule has 3 aliphatic heterocycles. The molecule has 1 aromatic carbocycles. The molecule has 4 aliphatic rings. The maximum atomic E-state index is 13.6. The van der Waals surface area contributed by atoms with E-state index in [9.17, 15) is 10.1 Å². The molecule has 0 unspecified atom stereocenters. The van der Waals surface area contributed by atoms with Crippen LogP contribution in [0.5, 0.6) is 5.75 Å². The Morgan fingerprint density at radius 1 is 1.07 bits per heavy atom. The predicted octanol–water partition coefficient (Wildman–Crippen LogP) is 5.51. The standard InChI is InChI=1S/C35H42ClN5O2/c1-34(2)32(35(3,4)33(34)43-27-9-6-25(20-37)29(36)19-27)41-22-30-28(31(41)42)10-8-26(39-30)7-5-23-13-17-40(18-14-23)21-24-11-15-38-16-12-24/h6,8-10,19,23-24,32-33,38H,11-18,21-22H2,1-4H3. The fourth-order valence-electron chi connectivity index (χ4n) is 8.36. The lowest BCUT2D eigenvalue weighted by Crippen LogP contribution is -2.74. The van der Waals surface area contributed by atoms with Crippen molar-refractivity contribution in [1.29, 1.82) is 5.26 Å². The minimum Gasteiger partial charge on any atom is -0.489 e. The monoisotopic (exact) mass is 599 g/mol. The number of benzene rings is 1. The van der Waals surface area contributed by atoms with Crippen molar-refractivity contribution in [1.82, 2.24) is 20.1 Å². The lowest BCUT2D eigenvalue weighted by molar-refractivity contribution is -0.199. The van der Waals surface area contributed by atoms with Crippen LogP contribution in [-0.4, -0.2) is 65.6 Å². The SMILES string of the molecule is CC1(C)C(Oc2ccc(C#N)c(Cl)c2)C(C)(C)C1N1Cc2nc(C#CC3CCN(CC4CCNCC4)CC3)ccc2C1=O. The van der Waals surface area contributed by atoms with Crippen molar-refractivity contribution >= 4 is 17.5 Å². The Morgan fingerprint density at radius 2 is 1.79 bits per heavy atom. The van der Waals surface area contributed by atoms with Gasteiger partial charge >= 0.3 is 0 Å². The maximum Gasteiger partial charge on any atom is 0.256 e. The number of aromatic nitrogens is 1. The molecule has 226 valence electrons. The first-order valence-corrected chi connectivity index (χ1v) is 16.1. The van der Waals surface area contributed by atoms with Crippen LogP contribution in [0.1, 0.15) is 80.7 Å². The van der Waals surface area contributed by atoms with Crippen LogP contribution in [0.15, 0.2) is 30.3 Å². The third kappa shape index (κ3) is 5.76. The number of hydrogen-bond acceptors (Lipinski definition) is 6. The summed E-state index contributed by atoms with van der Waals surface area (Å²) in [5, 5.41) is 13.0. The van der Waals surface area contributed by atoms with Gasteiger partial charge in [0, 0.05) is 35.4 Å². The molecule has 2 saturated heterocycles. The molecule has 43 heavy (non-hydrogen) atoms. The van der Waals surface area contributed by atoms with Gasteiger partial charge in [0.1, 0.15) is 23.6 Å². The highest BCUT2D eigenvalue weighted by atomic mass is 35.5. The van der Waals surface area contributed by atoms with Crippen LogP contribution in [0.2, 0.25) is 5.02 Å². The fourth-order valence-corrected chi connectivity index (χ4v) is 8.57. The number of pyridine rings is 1. The van der Waals surface area contributed by atoms with E-state index in [1.807, 2.05) is 17.0 Å². The first-order valence-electron chi connectivity index (χ1n) is 15.7. The Labute approximate surface area is 260 Å². The van der Waals surface area contributed by atoms with E-state index in [0.717, 1.165) is 56.3 Å². The summed E-state index contributed by atoms with van der Waals surface area (Å²) >= 11 is 6.26. The minimum atomic E-state index is -0.313. The van der Waals surface area contributed by atoms with E-state index in [-0.39, 0.29) is 28.9 Å². The number of halogens is 1. The van der Waals surface area contributed by atoms with Crippen LogP contribution in [0.25, 0.3) is 0 Å². The first-order chi connectivity index (χ1) is 20.6. The number of fused-ring (bicyclic) bond motifs is 1. The molecule has 4 heterocycles. The Kier molecular flexibility index (Phi) is 8.20. The second-order valence-corrected chi connectivity index (χ2v) is 14.4. The summed E-state index contributed by atoms with van der Waals surface area (Å²) in [6, 6.07) is 11.0. The summed E-state index contributed by atoms with van der Waals surface area (Å²) in [4.78, 5) is 23.1. The van der Waals surface area contributed by atoms with Crippen molar-refractivity contribution in [3.63, 3.8) is 0 Å². The summed E-state index contributed by atoms with van der Waals surface area (Å²) in [6.07, 6.45) is 4.66. The normalized spacial score (nSPS) is 25.3. The van der Waals surface area contributed by atoms with Gasteiger partial charge < -0.3 is 19.9 Å². The zero-order valence-electron chi connectivity index (χ0n) is 25.8. The van der Waals surface area contributed by atoms with Crippen molar-refractivity contribution in [3.8, 4) is 23.7 Å². The summed E-state index contributed by atoms with van der Waals surface area (Å²) in [5.74, 6) is 8.71. The third-order valence-corrected chi connectivity index (χ3v) is 10.5. The Bertz CT molecular complexity index is 1470. The molecule has 1 saturated carbocycles. The van der Waals surface area contributed by atoms with E-state index < -0.39 is 0 Å². The van der Waals surface area contributed by atoms with Gasteiger partial charge in [-0.05, 0) is 88.0 Å². The van der Waals surface area contributed by atoms with Crippen LogP contribution in [0.3, 0.4) is 0 Å². The number of likely N-dealkylation sites (tertiary alicyclic amines) is 1. The van der Waals surface area contributed by atoms with Crippen molar-refractivity contribution in [2.75, 3.05) is 32.7 Å². The molecular formula is C35H42ClN5O2. The number of carbonyl (C=O) groups excluding carboxylic acids is 1. The fraction of sp³-hybridized carbons (Fsp3) is 0.571. The summed E-state index contributed by atoms with van der Waals surface area (Å²) in [6.45, 7) is 14.9. The van der Waals surface area contributed by atoms with Crippen LogP contribution >= 0.6 is 11.6 Å². The highest BCUT2D eigenvalue weighted by molar-refractivity contribution is 6.31. The number of nitrogens with zero attached hydrogens (tertiary/aromatic N) is 4. The third-order valence-electron chi connectivity index (χ3n) is 10.1. The number of amides is 1. The number of piperidine rings is 2. The van der Waals surface area contributed by atoms with Gasteiger partial charge in [0.2, 0.25) is 0 Å². The molecular weight excluding hydrogens is 558 g/mol. The van der Waals surface area contributed by atoms with Gasteiger partial charge in [0.15, 0.2) is 0 Å². The molecule has 1 N–H and O–H groups in total. The molecule has 1 aromatic heterocycles. The predicted molar refractivity (Wildman–Crippen MR) is 168 cm³/mol. The van der Waals surface area contributed by atoms with E-state index in [2.05, 4.69) is 55.8 Å². The summed E-state index contributed by atoms with van der Waals surface area (Å²) in [7, 11) is 0. The van der Waals surface area contributed by atoms with Gasteiger partial charge in [-0.25, -0.2) is 4.98 Å². The van der Waals surface area contributed by atoms with E-state index in [4.69, 9.17) is 21.3 Å². The quantitative estimate of drug-likeness (QED) is 0.457. The topological polar surface area (TPSA) is 81.5 Å². The lowest BCUT2D eigenvalue weighted by atomic mass is 9.49. The van der Waals surface area contributed by atoms with E-state index in [1.165, 1.54) is 19.4 Å². The van der Waals surface area contributed by atoms with Gasteiger partial charge in [-0.2, -0.15) is 5.26 Å². The van der Waals surface area contributed by atoms with Gasteiger partial charge in [-0.15, -0.1) is 0 Å². The van der Waals surface area contributed by atoms with Gasteiger partial charge in [0.25, 0.3) is 5.91 Å². The van der Waals surface area contributed by atoms with Crippen LogP contribution in [0, 0.1) is 45.8 Å². The number of nitriles is 1. The molecule has 6 rings (SSSR count). The Hall–Kier alpha value is -3.10.